The zero-order valence-corrected chi connectivity index (χ0v) is 11.6. The Labute approximate surface area is 112 Å². The van der Waals surface area contributed by atoms with Crippen molar-refractivity contribution < 1.29 is 24.6 Å². The van der Waals surface area contributed by atoms with Gasteiger partial charge < -0.3 is 20.8 Å². The third-order valence-electron chi connectivity index (χ3n) is 1.74. The molecule has 0 bridgehead atoms. The lowest BCUT2D eigenvalue weighted by Gasteiger charge is -2.22. The van der Waals surface area contributed by atoms with Crippen LogP contribution in [0, 0.1) is 0 Å². The highest BCUT2D eigenvalue weighted by molar-refractivity contribution is 7.59. The molecule has 0 unspecified atom stereocenters. The van der Waals surface area contributed by atoms with E-state index in [1.807, 2.05) is 0 Å². The first-order valence-corrected chi connectivity index (χ1v) is 5.15. The Bertz CT molecular complexity index is 314. The molecule has 0 fully saturated rings. The van der Waals surface area contributed by atoms with Gasteiger partial charge in [-0.2, -0.15) is 13.5 Å². The molecule has 0 aliphatic carbocycles. The van der Waals surface area contributed by atoms with Crippen LogP contribution >= 0.6 is 13.5 Å². The predicted octanol–water partition coefficient (Wildman–Crippen LogP) is 0.515. The minimum absolute atomic E-state index is 0. The van der Waals surface area contributed by atoms with Gasteiger partial charge in [0, 0.05) is 12.0 Å². The first-order chi connectivity index (χ1) is 7.61. The summed E-state index contributed by atoms with van der Waals surface area (Å²) >= 11 is 0. The Kier molecular flexibility index (Phi) is 8.20. The Balaban J connectivity index is 0. The van der Waals surface area contributed by atoms with Crippen LogP contribution in [-0.4, -0.2) is 39.8 Å². The Morgan fingerprint density at radius 1 is 1.17 bits per heavy atom. The summed E-state index contributed by atoms with van der Waals surface area (Å²) in [5, 5.41) is 22.0. The van der Waals surface area contributed by atoms with Crippen LogP contribution in [-0.2, 0) is 9.59 Å². The Morgan fingerprint density at radius 2 is 1.67 bits per heavy atom. The van der Waals surface area contributed by atoms with Gasteiger partial charge in [0.05, 0.1) is 0 Å². The van der Waals surface area contributed by atoms with Gasteiger partial charge in [-0.25, -0.2) is 9.59 Å². The van der Waals surface area contributed by atoms with Crippen LogP contribution in [0.2, 0.25) is 0 Å². The molecule has 0 radical (unpaired) electrons. The average Bonchev–Trinajstić information content (AvgIpc) is 2.08. The first-order valence-electron chi connectivity index (χ1n) is 5.15. The van der Waals surface area contributed by atoms with Crippen LogP contribution in [0.25, 0.3) is 0 Å². The van der Waals surface area contributed by atoms with Crippen molar-refractivity contribution in [2.24, 2.45) is 0 Å². The molecule has 0 aliphatic rings. The number of carboxylic acid groups (broad SMARTS) is 2. The van der Waals surface area contributed by atoms with Gasteiger partial charge in [-0.05, 0) is 27.2 Å². The van der Waals surface area contributed by atoms with Crippen molar-refractivity contribution in [2.45, 2.75) is 45.2 Å². The molecule has 0 aromatic carbocycles. The van der Waals surface area contributed by atoms with E-state index in [0.29, 0.717) is 0 Å². The maximum atomic E-state index is 11.4. The van der Waals surface area contributed by atoms with E-state index >= 15 is 0 Å². The summed E-state index contributed by atoms with van der Waals surface area (Å²) < 4.78 is 0. The highest BCUT2D eigenvalue weighted by Crippen LogP contribution is 2.01. The van der Waals surface area contributed by atoms with Crippen LogP contribution < -0.4 is 10.6 Å². The summed E-state index contributed by atoms with van der Waals surface area (Å²) in [5.74, 6) is -2.36. The number of carboxylic acids is 2. The second-order valence-corrected chi connectivity index (χ2v) is 4.67. The molecule has 0 spiro atoms. The molecule has 0 aliphatic heterocycles. The van der Waals surface area contributed by atoms with E-state index in [4.69, 9.17) is 10.2 Å². The lowest BCUT2D eigenvalue weighted by Crippen LogP contribution is -2.51. The van der Waals surface area contributed by atoms with Crippen molar-refractivity contribution in [3.63, 3.8) is 0 Å². The van der Waals surface area contributed by atoms with Crippen molar-refractivity contribution in [3.05, 3.63) is 0 Å². The minimum atomic E-state index is -1.25. The zero-order chi connectivity index (χ0) is 13.6. The number of amides is 2. The summed E-state index contributed by atoms with van der Waals surface area (Å²) in [5.41, 5.74) is -0.486. The summed E-state index contributed by atoms with van der Waals surface area (Å²) in [6.45, 7) is 5.25. The molecule has 0 saturated carbocycles. The van der Waals surface area contributed by atoms with E-state index in [9.17, 15) is 14.4 Å². The van der Waals surface area contributed by atoms with Crippen LogP contribution in [0.1, 0.15) is 33.6 Å². The van der Waals surface area contributed by atoms with E-state index in [-0.39, 0.29) is 26.3 Å². The second kappa shape index (κ2) is 7.80. The fourth-order valence-corrected chi connectivity index (χ4v) is 1.06. The molecule has 1 atom stereocenters. The van der Waals surface area contributed by atoms with Crippen molar-refractivity contribution in [3.8, 4) is 0 Å². The van der Waals surface area contributed by atoms with Gasteiger partial charge in [0.1, 0.15) is 6.04 Å². The van der Waals surface area contributed by atoms with Gasteiger partial charge in [0.2, 0.25) is 0 Å². The number of hydrogen-bond acceptors (Lipinski definition) is 3. The van der Waals surface area contributed by atoms with Crippen molar-refractivity contribution in [1.29, 1.82) is 0 Å². The largest absolute Gasteiger partial charge is 0.481 e. The zero-order valence-electron chi connectivity index (χ0n) is 10.6. The molecule has 0 aromatic rings. The van der Waals surface area contributed by atoms with E-state index in [1.54, 1.807) is 20.8 Å². The summed E-state index contributed by atoms with van der Waals surface area (Å²) in [7, 11) is 0. The monoisotopic (exact) mass is 280 g/mol. The fraction of sp³-hybridized carbons (Fsp3) is 0.700. The number of hydrogen-bond donors (Lipinski definition) is 4. The highest BCUT2D eigenvalue weighted by atomic mass is 32.1. The highest BCUT2D eigenvalue weighted by Gasteiger charge is 2.22. The number of carbonyl (C=O) groups is 3. The lowest BCUT2D eigenvalue weighted by molar-refractivity contribution is -0.140. The van der Waals surface area contributed by atoms with Crippen LogP contribution in [0.5, 0.6) is 0 Å². The third-order valence-corrected chi connectivity index (χ3v) is 1.74. The quantitative estimate of drug-likeness (QED) is 0.586. The standard InChI is InChI=1S/C10H18N2O5.H2S/c1-10(2,3)12-9(17)11-6(8(15)16)4-5-7(13)14;/h6H,4-5H2,1-3H3,(H,13,14)(H,15,16)(H2,11,12,17);1H2/t6-;/m0./s1. The van der Waals surface area contributed by atoms with Gasteiger partial charge in [0.15, 0.2) is 0 Å². The van der Waals surface area contributed by atoms with Crippen molar-refractivity contribution in [1.82, 2.24) is 10.6 Å². The molecule has 4 N–H and O–H groups in total. The van der Waals surface area contributed by atoms with Crippen LogP contribution in [0.4, 0.5) is 4.79 Å². The predicted molar refractivity (Wildman–Crippen MR) is 70.1 cm³/mol. The fourth-order valence-electron chi connectivity index (χ4n) is 1.06. The van der Waals surface area contributed by atoms with E-state index < -0.39 is 29.6 Å². The molecule has 0 aromatic heterocycles. The normalized spacial score (nSPS) is 11.9. The third kappa shape index (κ3) is 9.76. The van der Waals surface area contributed by atoms with Gasteiger partial charge in [-0.3, -0.25) is 4.79 Å². The van der Waals surface area contributed by atoms with Gasteiger partial charge >= 0.3 is 18.0 Å². The minimum Gasteiger partial charge on any atom is -0.481 e. The summed E-state index contributed by atoms with van der Waals surface area (Å²) in [4.78, 5) is 32.5. The summed E-state index contributed by atoms with van der Waals surface area (Å²) in [6, 6.07) is -1.83. The number of nitrogens with one attached hydrogen (secondary N) is 2. The summed E-state index contributed by atoms with van der Waals surface area (Å²) in [6.07, 6.45) is -0.463. The lowest BCUT2D eigenvalue weighted by atomic mass is 10.1. The van der Waals surface area contributed by atoms with E-state index in [2.05, 4.69) is 10.6 Å². The molecule has 106 valence electrons. The Morgan fingerprint density at radius 3 is 2.00 bits per heavy atom. The SMILES string of the molecule is CC(C)(C)NC(=O)N[C@@H](CCC(=O)O)C(=O)O.S. The smallest absolute Gasteiger partial charge is 0.326 e. The van der Waals surface area contributed by atoms with E-state index in [1.165, 1.54) is 0 Å². The molecule has 8 heteroatoms. The number of rotatable bonds is 5. The second-order valence-electron chi connectivity index (χ2n) is 4.67. The maximum Gasteiger partial charge on any atom is 0.326 e. The molecule has 0 rings (SSSR count). The molecular weight excluding hydrogens is 260 g/mol. The number of carbonyl (C=O) groups excluding carboxylic acids is 1. The van der Waals surface area contributed by atoms with Crippen molar-refractivity contribution in [2.75, 3.05) is 0 Å². The molecule has 0 heterocycles. The number of aliphatic carboxylic acids is 2. The first kappa shape index (κ1) is 18.9. The molecule has 0 saturated heterocycles. The van der Waals surface area contributed by atoms with Crippen molar-refractivity contribution >= 4 is 31.5 Å². The average molecular weight is 280 g/mol. The number of urea groups is 1. The topological polar surface area (TPSA) is 116 Å². The Hall–Kier alpha value is -1.44. The maximum absolute atomic E-state index is 11.4. The van der Waals surface area contributed by atoms with E-state index in [0.717, 1.165) is 0 Å². The van der Waals surface area contributed by atoms with Gasteiger partial charge in [-0.1, -0.05) is 0 Å². The van der Waals surface area contributed by atoms with Crippen LogP contribution in [0.15, 0.2) is 0 Å². The van der Waals surface area contributed by atoms with Crippen LogP contribution in [0.3, 0.4) is 0 Å². The molecular formula is C10H20N2O5S. The molecule has 18 heavy (non-hydrogen) atoms. The molecule has 7 nitrogen and oxygen atoms in total. The van der Waals surface area contributed by atoms with Gasteiger partial charge in [-0.15, -0.1) is 0 Å². The molecule has 2 amide bonds. The van der Waals surface area contributed by atoms with Gasteiger partial charge in [0.25, 0.3) is 0 Å².